The summed E-state index contributed by atoms with van der Waals surface area (Å²) in [7, 11) is 0. The first-order chi connectivity index (χ1) is 12.8. The van der Waals surface area contributed by atoms with Crippen molar-refractivity contribution in [1.29, 1.82) is 0 Å². The highest BCUT2D eigenvalue weighted by Gasteiger charge is 2.44. The van der Waals surface area contributed by atoms with Crippen molar-refractivity contribution in [3.05, 3.63) is 29.8 Å². The molecule has 4 rings (SSSR count). The number of nitrogens with zero attached hydrogens (tertiary/aromatic N) is 2. The SMILES string of the molecule is O=C(Nc1cccc(C(F)(F)F)c1)N1CC2CC(C1)[C@H]1CCCC(=O)N1C2. The average Bonchev–Trinajstić information content (AvgIpc) is 2.62. The van der Waals surface area contributed by atoms with Gasteiger partial charge < -0.3 is 15.1 Å². The van der Waals surface area contributed by atoms with Crippen molar-refractivity contribution in [2.24, 2.45) is 11.8 Å². The Balaban J connectivity index is 1.44. The predicted molar refractivity (Wildman–Crippen MR) is 93.0 cm³/mol. The first kappa shape index (κ1) is 18.1. The maximum absolute atomic E-state index is 12.8. The Kier molecular flexibility index (Phi) is 4.52. The third-order valence-electron chi connectivity index (χ3n) is 5.91. The van der Waals surface area contributed by atoms with Gasteiger partial charge in [0.1, 0.15) is 0 Å². The minimum absolute atomic E-state index is 0.139. The van der Waals surface area contributed by atoms with Crippen LogP contribution in [0.1, 0.15) is 31.2 Å². The van der Waals surface area contributed by atoms with Gasteiger partial charge in [0, 0.05) is 37.8 Å². The van der Waals surface area contributed by atoms with Crippen molar-refractivity contribution in [1.82, 2.24) is 9.80 Å². The molecule has 8 heteroatoms. The number of nitrogens with one attached hydrogen (secondary N) is 1. The van der Waals surface area contributed by atoms with Crippen LogP contribution in [0, 0.1) is 11.8 Å². The summed E-state index contributed by atoms with van der Waals surface area (Å²) in [4.78, 5) is 28.5. The molecule has 2 bridgehead atoms. The molecule has 3 heterocycles. The van der Waals surface area contributed by atoms with Gasteiger partial charge in [-0.05, 0) is 49.3 Å². The molecule has 3 saturated heterocycles. The molecule has 0 spiro atoms. The van der Waals surface area contributed by atoms with Gasteiger partial charge in [0.25, 0.3) is 0 Å². The van der Waals surface area contributed by atoms with Gasteiger partial charge in [0.15, 0.2) is 0 Å². The number of benzene rings is 1. The summed E-state index contributed by atoms with van der Waals surface area (Å²) in [6.07, 6.45) is -0.985. The smallest absolute Gasteiger partial charge is 0.339 e. The Morgan fingerprint density at radius 1 is 1.19 bits per heavy atom. The summed E-state index contributed by atoms with van der Waals surface area (Å²) in [5.74, 6) is 0.686. The number of urea groups is 1. The highest BCUT2D eigenvalue weighted by atomic mass is 19.4. The van der Waals surface area contributed by atoms with Crippen molar-refractivity contribution in [2.45, 2.75) is 37.9 Å². The number of halogens is 3. The minimum Gasteiger partial charge on any atom is -0.339 e. The highest BCUT2D eigenvalue weighted by Crippen LogP contribution is 2.38. The maximum Gasteiger partial charge on any atom is 0.416 e. The molecule has 0 aliphatic carbocycles. The summed E-state index contributed by atoms with van der Waals surface area (Å²) in [5.41, 5.74) is -0.646. The predicted octanol–water partition coefficient (Wildman–Crippen LogP) is 3.57. The van der Waals surface area contributed by atoms with Crippen LogP contribution >= 0.6 is 0 Å². The van der Waals surface area contributed by atoms with Crippen LogP contribution in [-0.2, 0) is 11.0 Å². The van der Waals surface area contributed by atoms with Crippen LogP contribution in [0.3, 0.4) is 0 Å². The van der Waals surface area contributed by atoms with E-state index < -0.39 is 11.7 Å². The Morgan fingerprint density at radius 3 is 2.78 bits per heavy atom. The molecule has 3 fully saturated rings. The van der Waals surface area contributed by atoms with Gasteiger partial charge in [0.05, 0.1) is 5.56 Å². The van der Waals surface area contributed by atoms with Crippen molar-refractivity contribution in [2.75, 3.05) is 25.0 Å². The maximum atomic E-state index is 12.8. The van der Waals surface area contributed by atoms with Crippen molar-refractivity contribution in [3.63, 3.8) is 0 Å². The number of fused-ring (bicyclic) bond motifs is 4. The number of rotatable bonds is 1. The lowest BCUT2D eigenvalue weighted by molar-refractivity contribution is -0.144. The fourth-order valence-corrected chi connectivity index (χ4v) is 4.75. The number of carbonyl (C=O) groups excluding carboxylic acids is 2. The number of anilines is 1. The number of likely N-dealkylation sites (tertiary alicyclic amines) is 1. The molecule has 1 aromatic rings. The third-order valence-corrected chi connectivity index (χ3v) is 5.91. The number of amides is 3. The number of hydrogen-bond acceptors (Lipinski definition) is 2. The second-order valence-electron chi connectivity index (χ2n) is 7.78. The molecule has 1 aromatic carbocycles. The number of piperidine rings is 3. The lowest BCUT2D eigenvalue weighted by Gasteiger charge is -2.52. The number of hydrogen-bond donors (Lipinski definition) is 1. The zero-order valence-electron chi connectivity index (χ0n) is 14.8. The van der Waals surface area contributed by atoms with Crippen LogP contribution in [0.4, 0.5) is 23.7 Å². The van der Waals surface area contributed by atoms with E-state index in [1.165, 1.54) is 12.1 Å². The summed E-state index contributed by atoms with van der Waals surface area (Å²) in [5, 5.41) is 2.60. The summed E-state index contributed by atoms with van der Waals surface area (Å²) >= 11 is 0. The zero-order chi connectivity index (χ0) is 19.2. The standard InChI is InChI=1S/C19H22F3N3O2/c20-19(21,22)14-3-1-4-15(8-14)23-18(27)24-9-12-7-13(11-24)16-5-2-6-17(26)25(16)10-12/h1,3-4,8,12-13,16H,2,5-7,9-11H2,(H,23,27)/t12?,13?,16-/m1/s1. The van der Waals surface area contributed by atoms with Gasteiger partial charge in [-0.1, -0.05) is 6.07 Å². The molecule has 0 aromatic heterocycles. The molecule has 3 amide bonds. The largest absolute Gasteiger partial charge is 0.416 e. The van der Waals surface area contributed by atoms with E-state index >= 15 is 0 Å². The number of carbonyl (C=O) groups is 2. The molecule has 3 atom stereocenters. The molecule has 3 aliphatic rings. The van der Waals surface area contributed by atoms with Gasteiger partial charge in [-0.2, -0.15) is 13.2 Å². The van der Waals surface area contributed by atoms with E-state index in [1.807, 2.05) is 4.90 Å². The quantitative estimate of drug-likeness (QED) is 0.809. The molecule has 146 valence electrons. The van der Waals surface area contributed by atoms with Crippen molar-refractivity contribution < 1.29 is 22.8 Å². The first-order valence-corrected chi connectivity index (χ1v) is 9.34. The Labute approximate surface area is 155 Å². The molecular formula is C19H22F3N3O2. The lowest BCUT2D eigenvalue weighted by atomic mass is 9.76. The zero-order valence-corrected chi connectivity index (χ0v) is 14.8. The second kappa shape index (κ2) is 6.73. The van der Waals surface area contributed by atoms with Crippen LogP contribution in [0.5, 0.6) is 0 Å². The molecule has 1 N–H and O–H groups in total. The number of alkyl halides is 3. The van der Waals surface area contributed by atoms with E-state index in [0.717, 1.165) is 31.4 Å². The van der Waals surface area contributed by atoms with Gasteiger partial charge >= 0.3 is 12.2 Å². The van der Waals surface area contributed by atoms with Gasteiger partial charge in [0.2, 0.25) is 5.91 Å². The van der Waals surface area contributed by atoms with E-state index in [0.29, 0.717) is 26.1 Å². The van der Waals surface area contributed by atoms with E-state index in [4.69, 9.17) is 0 Å². The first-order valence-electron chi connectivity index (χ1n) is 9.34. The van der Waals surface area contributed by atoms with Crippen molar-refractivity contribution in [3.8, 4) is 0 Å². The van der Waals surface area contributed by atoms with E-state index in [-0.39, 0.29) is 35.5 Å². The van der Waals surface area contributed by atoms with E-state index in [2.05, 4.69) is 5.32 Å². The molecular weight excluding hydrogens is 359 g/mol. The van der Waals surface area contributed by atoms with Gasteiger partial charge in [-0.3, -0.25) is 4.79 Å². The second-order valence-corrected chi connectivity index (χ2v) is 7.78. The Bertz CT molecular complexity index is 752. The molecule has 2 unspecified atom stereocenters. The Morgan fingerprint density at radius 2 is 2.00 bits per heavy atom. The summed E-state index contributed by atoms with van der Waals surface area (Å²) < 4.78 is 38.5. The molecule has 0 saturated carbocycles. The average molecular weight is 381 g/mol. The lowest BCUT2D eigenvalue weighted by Crippen LogP contribution is -2.61. The summed E-state index contributed by atoms with van der Waals surface area (Å²) in [6.45, 7) is 1.74. The van der Waals surface area contributed by atoms with Gasteiger partial charge in [-0.25, -0.2) is 4.79 Å². The highest BCUT2D eigenvalue weighted by molar-refractivity contribution is 5.89. The Hall–Kier alpha value is -2.25. The van der Waals surface area contributed by atoms with Crippen molar-refractivity contribution >= 4 is 17.6 Å². The fraction of sp³-hybridized carbons (Fsp3) is 0.579. The van der Waals surface area contributed by atoms with Crippen LogP contribution in [0.15, 0.2) is 24.3 Å². The monoisotopic (exact) mass is 381 g/mol. The molecule has 0 radical (unpaired) electrons. The van der Waals surface area contributed by atoms with Crippen LogP contribution < -0.4 is 5.32 Å². The molecule has 27 heavy (non-hydrogen) atoms. The summed E-state index contributed by atoms with van der Waals surface area (Å²) in [6, 6.07) is 4.49. The third kappa shape index (κ3) is 3.61. The van der Waals surface area contributed by atoms with Gasteiger partial charge in [-0.15, -0.1) is 0 Å². The van der Waals surface area contributed by atoms with Crippen LogP contribution in [-0.4, -0.2) is 47.4 Å². The fourth-order valence-electron chi connectivity index (χ4n) is 4.75. The van der Waals surface area contributed by atoms with E-state index in [9.17, 15) is 22.8 Å². The topological polar surface area (TPSA) is 52.7 Å². The van der Waals surface area contributed by atoms with Crippen LogP contribution in [0.25, 0.3) is 0 Å². The molecule has 5 nitrogen and oxygen atoms in total. The minimum atomic E-state index is -4.44. The van der Waals surface area contributed by atoms with Crippen LogP contribution in [0.2, 0.25) is 0 Å². The van der Waals surface area contributed by atoms with E-state index in [1.54, 1.807) is 4.90 Å². The molecule has 3 aliphatic heterocycles. The normalized spacial score (nSPS) is 28.0.